The minimum Gasteiger partial charge on any atom is -0.497 e. The number of hydrogen-bond donors (Lipinski definition) is 1. The maximum atomic E-state index is 12.1. The first-order valence-corrected chi connectivity index (χ1v) is 11.1. The predicted octanol–water partition coefficient (Wildman–Crippen LogP) is 2.87. The largest absolute Gasteiger partial charge is 0.497 e. The third kappa shape index (κ3) is 5.71. The van der Waals surface area contributed by atoms with Crippen molar-refractivity contribution in [2.75, 3.05) is 46.4 Å². The number of carbonyl (C=O) groups excluding carboxylic acids is 1. The smallest absolute Gasteiger partial charge is 0.223 e. The lowest BCUT2D eigenvalue weighted by molar-refractivity contribution is -0.130. The van der Waals surface area contributed by atoms with Crippen molar-refractivity contribution < 1.29 is 9.53 Å². The number of carbonyl (C=O) groups is 1. The number of methoxy groups -OCH3 is 1. The van der Waals surface area contributed by atoms with Crippen LogP contribution in [0.25, 0.3) is 0 Å². The van der Waals surface area contributed by atoms with Gasteiger partial charge in [-0.25, -0.2) is 0 Å². The molecule has 5 heteroatoms. The maximum absolute atomic E-state index is 12.1. The van der Waals surface area contributed by atoms with Crippen molar-refractivity contribution in [2.45, 2.75) is 57.9 Å². The van der Waals surface area contributed by atoms with E-state index < -0.39 is 0 Å². The molecule has 0 spiro atoms. The summed E-state index contributed by atoms with van der Waals surface area (Å²) in [6, 6.07) is 7.18. The highest BCUT2D eigenvalue weighted by atomic mass is 16.5. The summed E-state index contributed by atoms with van der Waals surface area (Å²) in [5, 5.41) is 3.31. The molecule has 5 nitrogen and oxygen atoms in total. The normalized spacial score (nSPS) is 20.2. The third-order valence-electron chi connectivity index (χ3n) is 6.19. The SMILES string of the molecule is CCCN(CCCCN1CCNCCC1=O)[C@H]1CCc2ccc(OC)cc2C1. The van der Waals surface area contributed by atoms with Gasteiger partial charge in [-0.2, -0.15) is 0 Å². The van der Waals surface area contributed by atoms with Gasteiger partial charge < -0.3 is 19.9 Å². The Bertz CT molecular complexity index is 634. The van der Waals surface area contributed by atoms with E-state index in [2.05, 4.69) is 35.3 Å². The van der Waals surface area contributed by atoms with Crippen LogP contribution in [-0.4, -0.2) is 68.1 Å². The zero-order chi connectivity index (χ0) is 19.8. The standard InChI is InChI=1S/C23H37N3O2/c1-3-13-25(14-4-5-15-26-16-12-24-11-10-23(26)27)21-8-6-19-7-9-22(28-2)18-20(19)17-21/h7,9,18,21,24H,3-6,8,10-17H2,1-2H3/t21-/m0/s1. The summed E-state index contributed by atoms with van der Waals surface area (Å²) < 4.78 is 5.43. The number of rotatable bonds is 9. The summed E-state index contributed by atoms with van der Waals surface area (Å²) in [6.07, 6.45) is 7.64. The number of nitrogens with zero attached hydrogens (tertiary/aromatic N) is 2. The van der Waals surface area contributed by atoms with Crippen molar-refractivity contribution >= 4 is 5.91 Å². The molecule has 1 amide bonds. The summed E-state index contributed by atoms with van der Waals surface area (Å²) in [5.41, 5.74) is 2.95. The fourth-order valence-electron chi connectivity index (χ4n) is 4.59. The van der Waals surface area contributed by atoms with E-state index in [-0.39, 0.29) is 0 Å². The van der Waals surface area contributed by atoms with Crippen LogP contribution in [0.2, 0.25) is 0 Å². The van der Waals surface area contributed by atoms with Gasteiger partial charge >= 0.3 is 0 Å². The lowest BCUT2D eigenvalue weighted by Crippen LogP contribution is -2.41. The van der Waals surface area contributed by atoms with E-state index in [9.17, 15) is 4.79 Å². The van der Waals surface area contributed by atoms with Gasteiger partial charge in [-0.3, -0.25) is 4.79 Å². The van der Waals surface area contributed by atoms with E-state index in [1.54, 1.807) is 7.11 Å². The van der Waals surface area contributed by atoms with E-state index in [4.69, 9.17) is 4.74 Å². The molecule has 3 rings (SSSR count). The topological polar surface area (TPSA) is 44.8 Å². The zero-order valence-electron chi connectivity index (χ0n) is 17.7. The molecule has 1 aromatic carbocycles. The molecule has 2 aliphatic rings. The van der Waals surface area contributed by atoms with Crippen LogP contribution >= 0.6 is 0 Å². The first-order valence-electron chi connectivity index (χ1n) is 11.1. The van der Waals surface area contributed by atoms with Gasteiger partial charge in [0.2, 0.25) is 5.91 Å². The summed E-state index contributed by atoms with van der Waals surface area (Å²) >= 11 is 0. The van der Waals surface area contributed by atoms with Crippen molar-refractivity contribution in [2.24, 2.45) is 0 Å². The summed E-state index contributed by atoms with van der Waals surface area (Å²) in [4.78, 5) is 16.9. The average molecular weight is 388 g/mol. The molecule has 28 heavy (non-hydrogen) atoms. The molecule has 1 atom stereocenters. The van der Waals surface area contributed by atoms with Gasteiger partial charge in [0.25, 0.3) is 0 Å². The highest BCUT2D eigenvalue weighted by molar-refractivity contribution is 5.76. The molecule has 1 heterocycles. The maximum Gasteiger partial charge on any atom is 0.223 e. The van der Waals surface area contributed by atoms with Gasteiger partial charge in [-0.1, -0.05) is 13.0 Å². The van der Waals surface area contributed by atoms with Gasteiger partial charge in [-0.05, 0) is 74.9 Å². The Morgan fingerprint density at radius 1 is 1.18 bits per heavy atom. The van der Waals surface area contributed by atoms with Gasteiger partial charge in [-0.15, -0.1) is 0 Å². The van der Waals surface area contributed by atoms with Crippen molar-refractivity contribution in [3.8, 4) is 5.75 Å². The number of ether oxygens (including phenoxy) is 1. The minimum absolute atomic E-state index is 0.313. The molecular weight excluding hydrogens is 350 g/mol. The molecule has 1 N–H and O–H groups in total. The van der Waals surface area contributed by atoms with Gasteiger partial charge in [0, 0.05) is 38.6 Å². The van der Waals surface area contributed by atoms with Crippen molar-refractivity contribution in [1.29, 1.82) is 0 Å². The van der Waals surface area contributed by atoms with Crippen LogP contribution in [-0.2, 0) is 17.6 Å². The molecule has 0 radical (unpaired) electrons. The van der Waals surface area contributed by atoms with E-state index in [1.165, 1.54) is 36.8 Å². The third-order valence-corrected chi connectivity index (χ3v) is 6.19. The molecule has 1 fully saturated rings. The Hall–Kier alpha value is -1.59. The number of hydrogen-bond acceptors (Lipinski definition) is 4. The number of aryl methyl sites for hydroxylation is 1. The summed E-state index contributed by atoms with van der Waals surface area (Å²) in [6.45, 7) is 8.10. The quantitative estimate of drug-likeness (QED) is 0.662. The van der Waals surface area contributed by atoms with Crippen LogP contribution < -0.4 is 10.1 Å². The lowest BCUT2D eigenvalue weighted by atomic mass is 9.87. The molecule has 156 valence electrons. The van der Waals surface area contributed by atoms with Crippen molar-refractivity contribution in [1.82, 2.24) is 15.1 Å². The van der Waals surface area contributed by atoms with Crippen LogP contribution in [0.1, 0.15) is 50.2 Å². The second-order valence-corrected chi connectivity index (χ2v) is 8.16. The van der Waals surface area contributed by atoms with Crippen LogP contribution in [0.3, 0.4) is 0 Å². The second kappa shape index (κ2) is 10.8. The highest BCUT2D eigenvalue weighted by Crippen LogP contribution is 2.28. The van der Waals surface area contributed by atoms with E-state index in [1.807, 2.05) is 4.90 Å². The monoisotopic (exact) mass is 387 g/mol. The Kier molecular flexibility index (Phi) is 8.16. The summed E-state index contributed by atoms with van der Waals surface area (Å²) in [7, 11) is 1.75. The number of amides is 1. The number of benzene rings is 1. The Labute approximate surface area is 170 Å². The van der Waals surface area contributed by atoms with Gasteiger partial charge in [0.1, 0.15) is 5.75 Å². The van der Waals surface area contributed by atoms with Gasteiger partial charge in [0.15, 0.2) is 0 Å². The fourth-order valence-corrected chi connectivity index (χ4v) is 4.59. The Morgan fingerprint density at radius 3 is 2.89 bits per heavy atom. The van der Waals surface area contributed by atoms with E-state index in [0.29, 0.717) is 18.4 Å². The van der Waals surface area contributed by atoms with Crippen molar-refractivity contribution in [3.05, 3.63) is 29.3 Å². The minimum atomic E-state index is 0.313. The summed E-state index contributed by atoms with van der Waals surface area (Å²) in [5.74, 6) is 1.28. The number of unbranched alkanes of at least 4 members (excludes halogenated alkanes) is 1. The fraction of sp³-hybridized carbons (Fsp3) is 0.696. The predicted molar refractivity (Wildman–Crippen MR) is 114 cm³/mol. The molecule has 1 saturated heterocycles. The van der Waals surface area contributed by atoms with E-state index >= 15 is 0 Å². The molecule has 0 bridgehead atoms. The van der Waals surface area contributed by atoms with Crippen molar-refractivity contribution in [3.63, 3.8) is 0 Å². The average Bonchev–Trinajstić information content (AvgIpc) is 2.93. The first kappa shape index (κ1) is 21.1. The molecular formula is C23H37N3O2. The first-order chi connectivity index (χ1) is 13.7. The van der Waals surface area contributed by atoms with E-state index in [0.717, 1.165) is 57.9 Å². The van der Waals surface area contributed by atoms with Crippen LogP contribution in [0.15, 0.2) is 18.2 Å². The molecule has 1 aliphatic carbocycles. The molecule has 0 unspecified atom stereocenters. The molecule has 0 saturated carbocycles. The Balaban J connectivity index is 1.50. The molecule has 1 aliphatic heterocycles. The second-order valence-electron chi connectivity index (χ2n) is 8.16. The van der Waals surface area contributed by atoms with Gasteiger partial charge in [0.05, 0.1) is 7.11 Å². The molecule has 0 aromatic heterocycles. The lowest BCUT2D eigenvalue weighted by Gasteiger charge is -2.35. The highest BCUT2D eigenvalue weighted by Gasteiger charge is 2.24. The number of nitrogens with one attached hydrogen (secondary N) is 1. The molecule has 1 aromatic rings. The number of fused-ring (bicyclic) bond motifs is 1. The Morgan fingerprint density at radius 2 is 2.07 bits per heavy atom. The van der Waals surface area contributed by atoms with Crippen LogP contribution in [0.4, 0.5) is 0 Å². The van der Waals surface area contributed by atoms with Crippen LogP contribution in [0, 0.1) is 0 Å². The van der Waals surface area contributed by atoms with Crippen LogP contribution in [0.5, 0.6) is 5.75 Å². The zero-order valence-corrected chi connectivity index (χ0v) is 17.7.